The molecule has 0 spiro atoms. The van der Waals surface area contributed by atoms with Gasteiger partial charge in [0.15, 0.2) is 0 Å². The van der Waals surface area contributed by atoms with Gasteiger partial charge in [0, 0.05) is 23.5 Å². The van der Waals surface area contributed by atoms with Gasteiger partial charge in [0.1, 0.15) is 5.82 Å². The fraction of sp³-hybridized carbons (Fsp3) is 0.467. The van der Waals surface area contributed by atoms with Gasteiger partial charge in [-0.3, -0.25) is 0 Å². The summed E-state index contributed by atoms with van der Waals surface area (Å²) < 4.78 is 0. The molecule has 0 fully saturated rings. The number of anilines is 1. The highest BCUT2D eigenvalue weighted by atomic mass is 35.5. The van der Waals surface area contributed by atoms with Crippen LogP contribution in [0.5, 0.6) is 0 Å². The molecular weight excluding hydrogens is 290 g/mol. The monoisotopic (exact) mass is 309 g/mol. The minimum absolute atomic E-state index is 0.399. The summed E-state index contributed by atoms with van der Waals surface area (Å²) in [5.74, 6) is 1.89. The lowest BCUT2D eigenvalue weighted by Gasteiger charge is -2.20. The van der Waals surface area contributed by atoms with Crippen molar-refractivity contribution in [2.75, 3.05) is 11.9 Å². The van der Waals surface area contributed by atoms with Crippen LogP contribution in [0.1, 0.15) is 41.6 Å². The van der Waals surface area contributed by atoms with Crippen LogP contribution >= 0.6 is 22.9 Å². The van der Waals surface area contributed by atoms with Crippen molar-refractivity contribution < 1.29 is 0 Å². The molecule has 0 radical (unpaired) electrons. The molecule has 0 atom stereocenters. The van der Waals surface area contributed by atoms with Crippen LogP contribution in [0.25, 0.3) is 0 Å². The molecule has 0 aliphatic rings. The minimum atomic E-state index is 0.399. The average molecular weight is 310 g/mol. The molecule has 3 nitrogen and oxygen atoms in total. The number of rotatable bonds is 5. The first kappa shape index (κ1) is 15.3. The molecule has 108 valence electrons. The summed E-state index contributed by atoms with van der Waals surface area (Å²) in [7, 11) is 2.06. The summed E-state index contributed by atoms with van der Waals surface area (Å²) >= 11 is 7.68. The average Bonchev–Trinajstić information content (AvgIpc) is 2.83. The molecule has 0 saturated heterocycles. The third-order valence-corrected chi connectivity index (χ3v) is 4.48. The van der Waals surface area contributed by atoms with E-state index in [0.29, 0.717) is 11.8 Å². The Morgan fingerprint density at radius 2 is 2.10 bits per heavy atom. The lowest BCUT2D eigenvalue weighted by molar-refractivity contribution is 0.804. The number of nitrogens with zero attached hydrogens (tertiary/aromatic N) is 3. The Bertz CT molecular complexity index is 580. The van der Waals surface area contributed by atoms with E-state index in [1.54, 1.807) is 11.3 Å². The number of hydrogen-bond acceptors (Lipinski definition) is 4. The van der Waals surface area contributed by atoms with Crippen molar-refractivity contribution in [2.45, 2.75) is 39.1 Å². The smallest absolute Gasteiger partial charge is 0.129 e. The molecule has 0 aromatic carbocycles. The van der Waals surface area contributed by atoms with E-state index < -0.39 is 0 Å². The van der Waals surface area contributed by atoms with E-state index in [1.807, 2.05) is 12.4 Å². The topological polar surface area (TPSA) is 29.0 Å². The first-order valence-corrected chi connectivity index (χ1v) is 8.09. The van der Waals surface area contributed by atoms with Crippen molar-refractivity contribution in [3.05, 3.63) is 39.5 Å². The normalized spacial score (nSPS) is 11.1. The summed E-state index contributed by atoms with van der Waals surface area (Å²) in [6.45, 7) is 7.17. The molecule has 5 heteroatoms. The lowest BCUT2D eigenvalue weighted by atomic mass is 10.1. The maximum absolute atomic E-state index is 5.99. The number of pyridine rings is 1. The Labute approximate surface area is 129 Å². The van der Waals surface area contributed by atoms with Crippen LogP contribution in [0.3, 0.4) is 0 Å². The fourth-order valence-corrected chi connectivity index (χ4v) is 2.92. The Hall–Kier alpha value is -1.13. The maximum Gasteiger partial charge on any atom is 0.129 e. The molecule has 0 unspecified atom stereocenters. The third kappa shape index (κ3) is 3.49. The largest absolute Gasteiger partial charge is 0.354 e. The fourth-order valence-electron chi connectivity index (χ4n) is 1.94. The van der Waals surface area contributed by atoms with Gasteiger partial charge < -0.3 is 4.90 Å². The molecule has 2 aromatic rings. The Kier molecular flexibility index (Phi) is 5.00. The van der Waals surface area contributed by atoms with Crippen molar-refractivity contribution in [1.82, 2.24) is 9.97 Å². The van der Waals surface area contributed by atoms with Crippen molar-refractivity contribution >= 4 is 28.8 Å². The van der Waals surface area contributed by atoms with Gasteiger partial charge in [0.05, 0.1) is 17.7 Å². The summed E-state index contributed by atoms with van der Waals surface area (Å²) in [6, 6.07) is 4.15. The van der Waals surface area contributed by atoms with Gasteiger partial charge in [0.2, 0.25) is 0 Å². The maximum atomic E-state index is 5.99. The summed E-state index contributed by atoms with van der Waals surface area (Å²) in [5.41, 5.74) is 5.19. The minimum Gasteiger partial charge on any atom is -0.354 e. The van der Waals surface area contributed by atoms with E-state index in [1.165, 1.54) is 4.88 Å². The van der Waals surface area contributed by atoms with Crippen molar-refractivity contribution in [3.8, 4) is 0 Å². The van der Waals surface area contributed by atoms with Gasteiger partial charge in [-0.2, -0.15) is 0 Å². The van der Waals surface area contributed by atoms with E-state index in [2.05, 4.69) is 42.9 Å². The molecule has 2 aromatic heterocycles. The zero-order valence-corrected chi connectivity index (χ0v) is 13.9. The molecule has 0 bridgehead atoms. The molecule has 0 amide bonds. The standard InChI is InChI=1S/C15H20ClN3S/c1-10(2)13-5-12(7-16)6-15(18-13)19(4)8-14-11(3)17-9-20-14/h5-6,9-10H,7-8H2,1-4H3. The van der Waals surface area contributed by atoms with Gasteiger partial charge in [-0.05, 0) is 30.5 Å². The van der Waals surface area contributed by atoms with E-state index in [4.69, 9.17) is 16.6 Å². The molecule has 0 aliphatic heterocycles. The number of aryl methyl sites for hydroxylation is 1. The van der Waals surface area contributed by atoms with Crippen LogP contribution < -0.4 is 4.90 Å². The molecule has 0 aliphatic carbocycles. The second kappa shape index (κ2) is 6.55. The van der Waals surface area contributed by atoms with Crippen molar-refractivity contribution in [2.24, 2.45) is 0 Å². The van der Waals surface area contributed by atoms with Gasteiger partial charge >= 0.3 is 0 Å². The number of aromatic nitrogens is 2. The van der Waals surface area contributed by atoms with Crippen LogP contribution in [-0.4, -0.2) is 17.0 Å². The highest BCUT2D eigenvalue weighted by molar-refractivity contribution is 7.09. The van der Waals surface area contributed by atoms with Gasteiger partial charge in [-0.15, -0.1) is 22.9 Å². The van der Waals surface area contributed by atoms with Crippen molar-refractivity contribution in [3.63, 3.8) is 0 Å². The number of thiazole rings is 1. The predicted octanol–water partition coefficient (Wildman–Crippen LogP) is 4.35. The Morgan fingerprint density at radius 1 is 1.35 bits per heavy atom. The first-order chi connectivity index (χ1) is 9.51. The summed E-state index contributed by atoms with van der Waals surface area (Å²) in [4.78, 5) is 12.5. The highest BCUT2D eigenvalue weighted by Crippen LogP contribution is 2.23. The predicted molar refractivity (Wildman–Crippen MR) is 86.8 cm³/mol. The van der Waals surface area contributed by atoms with Crippen molar-refractivity contribution in [1.29, 1.82) is 0 Å². The van der Waals surface area contributed by atoms with E-state index in [0.717, 1.165) is 29.3 Å². The molecule has 0 N–H and O–H groups in total. The van der Waals surface area contributed by atoms with E-state index in [-0.39, 0.29) is 0 Å². The second-order valence-corrected chi connectivity index (χ2v) is 6.47. The number of halogens is 1. The lowest BCUT2D eigenvalue weighted by Crippen LogP contribution is -2.18. The first-order valence-electron chi connectivity index (χ1n) is 6.68. The number of hydrogen-bond donors (Lipinski definition) is 0. The van der Waals surface area contributed by atoms with Crippen LogP contribution in [-0.2, 0) is 12.4 Å². The Balaban J connectivity index is 2.26. The third-order valence-electron chi connectivity index (χ3n) is 3.25. The molecule has 0 saturated carbocycles. The Morgan fingerprint density at radius 3 is 2.65 bits per heavy atom. The van der Waals surface area contributed by atoms with Gasteiger partial charge in [-0.1, -0.05) is 13.8 Å². The summed E-state index contributed by atoms with van der Waals surface area (Å²) in [6.07, 6.45) is 0. The van der Waals surface area contributed by atoms with Crippen LogP contribution in [0.15, 0.2) is 17.6 Å². The van der Waals surface area contributed by atoms with Crippen LogP contribution in [0.2, 0.25) is 0 Å². The zero-order valence-electron chi connectivity index (χ0n) is 12.4. The highest BCUT2D eigenvalue weighted by Gasteiger charge is 2.11. The SMILES string of the molecule is Cc1ncsc1CN(C)c1cc(CCl)cc(C(C)C)n1. The van der Waals surface area contributed by atoms with E-state index in [9.17, 15) is 0 Å². The quantitative estimate of drug-likeness (QED) is 0.769. The summed E-state index contributed by atoms with van der Waals surface area (Å²) in [5, 5.41) is 0. The van der Waals surface area contributed by atoms with Gasteiger partial charge in [0.25, 0.3) is 0 Å². The zero-order chi connectivity index (χ0) is 14.7. The van der Waals surface area contributed by atoms with Crippen LogP contribution in [0, 0.1) is 6.92 Å². The molecule has 2 rings (SSSR count). The van der Waals surface area contributed by atoms with Gasteiger partial charge in [-0.25, -0.2) is 9.97 Å². The van der Waals surface area contributed by atoms with E-state index >= 15 is 0 Å². The molecular formula is C15H20ClN3S. The number of alkyl halides is 1. The second-order valence-electron chi connectivity index (χ2n) is 5.26. The van der Waals surface area contributed by atoms with Crippen LogP contribution in [0.4, 0.5) is 5.82 Å². The molecule has 20 heavy (non-hydrogen) atoms. The molecule has 2 heterocycles.